The molecule has 1 aliphatic rings. The van der Waals surface area contributed by atoms with E-state index in [1.807, 2.05) is 6.07 Å². The lowest BCUT2D eigenvalue weighted by atomic mass is 9.73. The van der Waals surface area contributed by atoms with Crippen molar-refractivity contribution in [1.82, 2.24) is 0 Å². The molecule has 1 aliphatic heterocycles. The van der Waals surface area contributed by atoms with Crippen molar-refractivity contribution in [2.45, 2.75) is 19.3 Å². The normalized spacial score (nSPS) is 17.8. The molecule has 1 N–H and O–H groups in total. The number of halogens is 2. The fourth-order valence-corrected chi connectivity index (χ4v) is 5.14. The lowest BCUT2D eigenvalue weighted by Crippen LogP contribution is -2.48. The second-order valence-electron chi connectivity index (χ2n) is 7.12. The molecule has 0 aliphatic carbocycles. The van der Waals surface area contributed by atoms with Gasteiger partial charge in [0.1, 0.15) is 14.8 Å². The maximum absolute atomic E-state index is 14.4. The zero-order chi connectivity index (χ0) is 22.3. The van der Waals surface area contributed by atoms with Crippen LogP contribution in [0.15, 0.2) is 42.5 Å². The number of carbonyl (C=O) groups excluding carboxylic acids is 2. The van der Waals surface area contributed by atoms with Crippen molar-refractivity contribution >= 4 is 39.6 Å². The van der Waals surface area contributed by atoms with Gasteiger partial charge in [-0.2, -0.15) is 0 Å². The van der Waals surface area contributed by atoms with E-state index in [-0.39, 0.29) is 33.8 Å². The molecule has 1 atom stereocenters. The first-order valence-electron chi connectivity index (χ1n) is 9.58. The molecule has 1 amide bonds. The van der Waals surface area contributed by atoms with Gasteiger partial charge in [-0.25, -0.2) is 4.39 Å². The predicted molar refractivity (Wildman–Crippen MR) is 119 cm³/mol. The van der Waals surface area contributed by atoms with Crippen molar-refractivity contribution in [2.75, 3.05) is 19.0 Å². The molecule has 5 nitrogen and oxygen atoms in total. The summed E-state index contributed by atoms with van der Waals surface area (Å²) < 4.78 is 25.6. The smallest absolute Gasteiger partial charge is 0.243 e. The van der Waals surface area contributed by atoms with Gasteiger partial charge in [-0.3, -0.25) is 9.59 Å². The predicted octanol–water partition coefficient (Wildman–Crippen LogP) is 5.71. The third-order valence-corrected chi connectivity index (χ3v) is 6.72. The van der Waals surface area contributed by atoms with E-state index in [2.05, 4.69) is 5.32 Å². The third-order valence-electron chi connectivity index (χ3n) is 5.41. The molecule has 0 saturated carbocycles. The summed E-state index contributed by atoms with van der Waals surface area (Å²) in [5.41, 5.74) is 0.191. The maximum Gasteiger partial charge on any atom is 0.243 e. The summed E-state index contributed by atoms with van der Waals surface area (Å²) >= 11 is 7.63. The largest absolute Gasteiger partial charge is 0.492 e. The third kappa shape index (κ3) is 3.20. The van der Waals surface area contributed by atoms with E-state index in [9.17, 15) is 14.0 Å². The Balaban J connectivity index is 1.96. The number of hydrogen-bond acceptors (Lipinski definition) is 5. The van der Waals surface area contributed by atoms with E-state index in [1.54, 1.807) is 38.1 Å². The second-order valence-corrected chi connectivity index (χ2v) is 8.74. The number of ether oxygens (including phenoxy) is 2. The number of nitrogens with one attached hydrogen (secondary N) is 1. The Morgan fingerprint density at radius 1 is 1.10 bits per heavy atom. The summed E-state index contributed by atoms with van der Waals surface area (Å²) in [6.45, 7) is 3.55. The van der Waals surface area contributed by atoms with Crippen LogP contribution in [0.5, 0.6) is 11.5 Å². The van der Waals surface area contributed by atoms with Gasteiger partial charge >= 0.3 is 0 Å². The minimum absolute atomic E-state index is 0.0587. The summed E-state index contributed by atoms with van der Waals surface area (Å²) in [4.78, 5) is 26.8. The van der Waals surface area contributed by atoms with Crippen LogP contribution in [0.1, 0.15) is 29.8 Å². The standard InChI is InChI=1S/C23H19ClFNO4S/c1-4-30-18-14(25)11-10-13(17(18)29-3)15-16-19(27)23(2,12-8-6-5-7-9-12)22(28)26-21(16)31-20(15)24/h5-11H,4H2,1-3H3,(H,26,28). The van der Waals surface area contributed by atoms with Gasteiger partial charge < -0.3 is 14.8 Å². The van der Waals surface area contributed by atoms with Crippen LogP contribution in [0.2, 0.25) is 4.34 Å². The van der Waals surface area contributed by atoms with Gasteiger partial charge in [-0.05, 0) is 31.5 Å². The van der Waals surface area contributed by atoms with Gasteiger partial charge in [-0.1, -0.05) is 41.9 Å². The number of carbonyl (C=O) groups is 2. The van der Waals surface area contributed by atoms with Crippen LogP contribution in [-0.2, 0) is 10.2 Å². The molecule has 0 spiro atoms. The van der Waals surface area contributed by atoms with Gasteiger partial charge in [-0.15, -0.1) is 11.3 Å². The summed E-state index contributed by atoms with van der Waals surface area (Å²) in [5.74, 6) is -1.33. The lowest BCUT2D eigenvalue weighted by molar-refractivity contribution is -0.119. The number of ketones is 1. The number of Topliss-reactive ketones (excluding diaryl/α,β-unsaturated/α-hetero) is 1. The van der Waals surface area contributed by atoms with Crippen molar-refractivity contribution < 1.29 is 23.5 Å². The number of hydrogen-bond donors (Lipinski definition) is 1. The van der Waals surface area contributed by atoms with Crippen molar-refractivity contribution in [3.05, 3.63) is 63.7 Å². The maximum atomic E-state index is 14.4. The highest BCUT2D eigenvalue weighted by atomic mass is 35.5. The minimum Gasteiger partial charge on any atom is -0.492 e. The second kappa shape index (κ2) is 7.98. The lowest BCUT2D eigenvalue weighted by Gasteiger charge is -2.32. The van der Waals surface area contributed by atoms with Gasteiger partial charge in [0, 0.05) is 11.1 Å². The molecule has 0 bridgehead atoms. The van der Waals surface area contributed by atoms with Crippen molar-refractivity contribution in [3.63, 3.8) is 0 Å². The van der Waals surface area contributed by atoms with Gasteiger partial charge in [0.25, 0.3) is 0 Å². The van der Waals surface area contributed by atoms with Crippen LogP contribution < -0.4 is 14.8 Å². The molecule has 1 aromatic heterocycles. The summed E-state index contributed by atoms with van der Waals surface area (Å²) in [6.07, 6.45) is 0. The first-order chi connectivity index (χ1) is 14.8. The Labute approximate surface area is 187 Å². The quantitative estimate of drug-likeness (QED) is 0.496. The average molecular weight is 460 g/mol. The number of rotatable bonds is 5. The summed E-state index contributed by atoms with van der Waals surface area (Å²) in [5, 5.41) is 3.18. The molecule has 0 saturated heterocycles. The van der Waals surface area contributed by atoms with E-state index < -0.39 is 17.1 Å². The van der Waals surface area contributed by atoms with Crippen LogP contribution in [0.4, 0.5) is 9.39 Å². The van der Waals surface area contributed by atoms with Crippen LogP contribution in [0.3, 0.4) is 0 Å². The highest BCUT2D eigenvalue weighted by Gasteiger charge is 2.49. The molecule has 160 valence electrons. The van der Waals surface area contributed by atoms with E-state index >= 15 is 0 Å². The zero-order valence-corrected chi connectivity index (χ0v) is 18.6. The number of fused-ring (bicyclic) bond motifs is 1. The van der Waals surface area contributed by atoms with E-state index in [1.165, 1.54) is 19.2 Å². The molecule has 8 heteroatoms. The molecule has 2 aromatic carbocycles. The van der Waals surface area contributed by atoms with Crippen LogP contribution >= 0.6 is 22.9 Å². The minimum atomic E-state index is -1.44. The highest BCUT2D eigenvalue weighted by Crippen LogP contribution is 2.52. The average Bonchev–Trinajstić information content (AvgIpc) is 3.09. The Bertz CT molecular complexity index is 1190. The first kappa shape index (κ1) is 21.3. The number of benzene rings is 2. The zero-order valence-electron chi connectivity index (χ0n) is 17.0. The van der Waals surface area contributed by atoms with Gasteiger partial charge in [0.05, 0.1) is 19.3 Å². The molecule has 31 heavy (non-hydrogen) atoms. The molecule has 4 rings (SSSR count). The van der Waals surface area contributed by atoms with E-state index in [0.717, 1.165) is 11.3 Å². The molecular formula is C23H19ClFNO4S. The molecule has 0 radical (unpaired) electrons. The number of amides is 1. The number of anilines is 1. The van der Waals surface area contributed by atoms with Crippen molar-refractivity contribution in [1.29, 1.82) is 0 Å². The number of methoxy groups -OCH3 is 1. The monoisotopic (exact) mass is 459 g/mol. The fraction of sp³-hybridized carbons (Fsp3) is 0.217. The Hall–Kier alpha value is -2.90. The first-order valence-corrected chi connectivity index (χ1v) is 10.8. The van der Waals surface area contributed by atoms with Crippen LogP contribution in [0, 0.1) is 5.82 Å². The molecule has 2 heterocycles. The molecule has 3 aromatic rings. The van der Waals surface area contributed by atoms with Gasteiger partial charge in [0.2, 0.25) is 5.91 Å². The Morgan fingerprint density at radius 2 is 1.81 bits per heavy atom. The van der Waals surface area contributed by atoms with Crippen LogP contribution in [-0.4, -0.2) is 25.4 Å². The van der Waals surface area contributed by atoms with Crippen molar-refractivity contribution in [3.8, 4) is 22.6 Å². The Kier molecular flexibility index (Phi) is 5.49. The summed E-state index contributed by atoms with van der Waals surface area (Å²) in [7, 11) is 1.39. The van der Waals surface area contributed by atoms with E-state index in [0.29, 0.717) is 21.7 Å². The Morgan fingerprint density at radius 3 is 2.45 bits per heavy atom. The highest BCUT2D eigenvalue weighted by molar-refractivity contribution is 7.21. The van der Waals surface area contributed by atoms with E-state index in [4.69, 9.17) is 21.1 Å². The molecule has 1 unspecified atom stereocenters. The molecular weight excluding hydrogens is 441 g/mol. The van der Waals surface area contributed by atoms with Crippen LogP contribution in [0.25, 0.3) is 11.1 Å². The fourth-order valence-electron chi connectivity index (χ4n) is 3.78. The van der Waals surface area contributed by atoms with Gasteiger partial charge in [0.15, 0.2) is 23.1 Å². The number of thiophene rings is 1. The molecule has 0 fully saturated rings. The summed E-state index contributed by atoms with van der Waals surface area (Å²) in [6, 6.07) is 11.6. The topological polar surface area (TPSA) is 64.6 Å². The van der Waals surface area contributed by atoms with Crippen molar-refractivity contribution in [2.24, 2.45) is 0 Å². The SMILES string of the molecule is CCOc1c(F)ccc(-c2c(Cl)sc3c2C(=O)C(C)(c2ccccc2)C(=O)N3)c1OC.